The number of aliphatic imine (C=N–C) groups is 1. The van der Waals surface area contributed by atoms with E-state index in [4.69, 9.17) is 4.74 Å². The van der Waals surface area contributed by atoms with Crippen molar-refractivity contribution in [2.45, 2.75) is 33.4 Å². The summed E-state index contributed by atoms with van der Waals surface area (Å²) in [6.07, 6.45) is 0.136. The minimum atomic E-state index is 0. The molecule has 1 rings (SSSR count). The lowest BCUT2D eigenvalue weighted by atomic mass is 9.89. The fourth-order valence-corrected chi connectivity index (χ4v) is 3.16. The van der Waals surface area contributed by atoms with E-state index in [0.717, 1.165) is 23.5 Å². The van der Waals surface area contributed by atoms with Crippen LogP contribution in [0.3, 0.4) is 0 Å². The average Bonchev–Trinajstić information content (AvgIpc) is 2.78. The summed E-state index contributed by atoms with van der Waals surface area (Å²) in [6.45, 7) is 8.00. The van der Waals surface area contributed by atoms with Crippen LogP contribution in [0.25, 0.3) is 0 Å². The summed E-state index contributed by atoms with van der Waals surface area (Å²) < 4.78 is 6.65. The van der Waals surface area contributed by atoms with Crippen molar-refractivity contribution in [3.8, 4) is 0 Å². The first-order valence-corrected chi connectivity index (χ1v) is 8.24. The zero-order valence-electron chi connectivity index (χ0n) is 13.2. The monoisotopic (exact) mass is 489 g/mol. The van der Waals surface area contributed by atoms with Gasteiger partial charge in [-0.15, -0.1) is 35.3 Å². The second-order valence-electron chi connectivity index (χ2n) is 5.63. The molecule has 1 aromatic heterocycles. The lowest BCUT2D eigenvalue weighted by Crippen LogP contribution is -2.45. The first-order valence-electron chi connectivity index (χ1n) is 6.57. The highest BCUT2D eigenvalue weighted by atomic mass is 127. The summed E-state index contributed by atoms with van der Waals surface area (Å²) in [7, 11) is 3.52. The van der Waals surface area contributed by atoms with E-state index in [1.807, 2.05) is 0 Å². The van der Waals surface area contributed by atoms with E-state index in [2.05, 4.69) is 63.8 Å². The molecule has 4 nitrogen and oxygen atoms in total. The van der Waals surface area contributed by atoms with Gasteiger partial charge in [-0.1, -0.05) is 20.8 Å². The molecule has 0 saturated heterocycles. The van der Waals surface area contributed by atoms with Crippen LogP contribution in [0.5, 0.6) is 0 Å². The normalized spacial score (nSPS) is 13.5. The van der Waals surface area contributed by atoms with Gasteiger partial charge in [-0.25, -0.2) is 0 Å². The van der Waals surface area contributed by atoms with Gasteiger partial charge in [-0.2, -0.15) is 0 Å². The molecule has 0 bridgehead atoms. The summed E-state index contributed by atoms with van der Waals surface area (Å²) in [5, 5.41) is 8.69. The van der Waals surface area contributed by atoms with Crippen molar-refractivity contribution in [3.05, 3.63) is 20.8 Å². The fourth-order valence-electron chi connectivity index (χ4n) is 1.77. The maximum atomic E-state index is 5.53. The predicted molar refractivity (Wildman–Crippen MR) is 106 cm³/mol. The highest BCUT2D eigenvalue weighted by Crippen LogP contribution is 2.21. The molecule has 1 unspecified atom stereocenters. The maximum absolute atomic E-state index is 5.53. The van der Waals surface area contributed by atoms with Gasteiger partial charge in [0, 0.05) is 35.4 Å². The third-order valence-electron chi connectivity index (χ3n) is 2.98. The van der Waals surface area contributed by atoms with Crippen LogP contribution in [0.4, 0.5) is 0 Å². The third kappa shape index (κ3) is 7.80. The SMILES string of the molecule is CN=C(NCc1cc(Br)cs1)NCC(OC)C(C)(C)C.I. The second kappa shape index (κ2) is 10.0. The van der Waals surface area contributed by atoms with Gasteiger partial charge in [-0.3, -0.25) is 4.99 Å². The predicted octanol–water partition coefficient (Wildman–Crippen LogP) is 3.85. The molecule has 0 aromatic carbocycles. The number of hydrogen-bond acceptors (Lipinski definition) is 3. The minimum Gasteiger partial charge on any atom is -0.379 e. The van der Waals surface area contributed by atoms with Crippen molar-refractivity contribution >= 4 is 57.2 Å². The number of nitrogens with one attached hydrogen (secondary N) is 2. The molecule has 1 atom stereocenters. The fraction of sp³-hybridized carbons (Fsp3) is 0.643. The Kier molecular flexibility index (Phi) is 10.1. The highest BCUT2D eigenvalue weighted by Gasteiger charge is 2.24. The number of methoxy groups -OCH3 is 1. The van der Waals surface area contributed by atoms with Crippen LogP contribution in [0, 0.1) is 5.41 Å². The van der Waals surface area contributed by atoms with Gasteiger partial charge in [0.25, 0.3) is 0 Å². The van der Waals surface area contributed by atoms with Gasteiger partial charge in [0.15, 0.2) is 5.96 Å². The number of thiophene rings is 1. The number of ether oxygens (including phenoxy) is 1. The van der Waals surface area contributed by atoms with Crippen molar-refractivity contribution in [1.82, 2.24) is 10.6 Å². The van der Waals surface area contributed by atoms with Crippen LogP contribution < -0.4 is 10.6 Å². The van der Waals surface area contributed by atoms with Crippen molar-refractivity contribution in [3.63, 3.8) is 0 Å². The van der Waals surface area contributed by atoms with Crippen LogP contribution in [-0.2, 0) is 11.3 Å². The Hall–Kier alpha value is 0.140. The largest absolute Gasteiger partial charge is 0.379 e. The van der Waals surface area contributed by atoms with E-state index in [-0.39, 0.29) is 35.5 Å². The molecule has 0 radical (unpaired) electrons. The van der Waals surface area contributed by atoms with Crippen LogP contribution in [0.2, 0.25) is 0 Å². The van der Waals surface area contributed by atoms with Gasteiger partial charge in [-0.05, 0) is 27.4 Å². The zero-order valence-corrected chi connectivity index (χ0v) is 17.9. The molecule has 0 fully saturated rings. The number of nitrogens with zero attached hydrogens (tertiary/aromatic N) is 1. The minimum absolute atomic E-state index is 0. The van der Waals surface area contributed by atoms with Gasteiger partial charge >= 0.3 is 0 Å². The summed E-state index contributed by atoms with van der Waals surface area (Å²) in [5.74, 6) is 0.792. The molecule has 21 heavy (non-hydrogen) atoms. The molecular formula is C14H25BrIN3OS. The van der Waals surface area contributed by atoms with E-state index in [0.29, 0.717) is 0 Å². The quantitative estimate of drug-likeness (QED) is 0.375. The molecule has 0 saturated carbocycles. The zero-order chi connectivity index (χ0) is 15.2. The summed E-state index contributed by atoms with van der Waals surface area (Å²) in [5.41, 5.74) is 0.0964. The van der Waals surface area contributed by atoms with E-state index in [1.54, 1.807) is 25.5 Å². The molecule has 2 N–H and O–H groups in total. The van der Waals surface area contributed by atoms with Crippen molar-refractivity contribution in [1.29, 1.82) is 0 Å². The molecule has 0 amide bonds. The molecule has 122 valence electrons. The van der Waals surface area contributed by atoms with E-state index >= 15 is 0 Å². The van der Waals surface area contributed by atoms with Gasteiger partial charge in [0.1, 0.15) is 0 Å². The Balaban J connectivity index is 0.00000400. The molecule has 1 heterocycles. The second-order valence-corrected chi connectivity index (χ2v) is 7.54. The first kappa shape index (κ1) is 21.1. The van der Waals surface area contributed by atoms with Crippen LogP contribution in [0.15, 0.2) is 20.9 Å². The van der Waals surface area contributed by atoms with Crippen LogP contribution in [-0.4, -0.2) is 32.8 Å². The number of rotatable bonds is 5. The summed E-state index contributed by atoms with van der Waals surface area (Å²) in [4.78, 5) is 5.49. The summed E-state index contributed by atoms with van der Waals surface area (Å²) in [6, 6.07) is 2.11. The van der Waals surface area contributed by atoms with E-state index in [1.165, 1.54) is 4.88 Å². The molecule has 0 aliphatic heterocycles. The number of guanidine groups is 1. The standard InChI is InChI=1S/C14H24BrN3OS.HI/c1-14(2,3)12(19-5)8-18-13(16-4)17-7-11-6-10(15)9-20-11;/h6,9,12H,7-8H2,1-5H3,(H2,16,17,18);1H. The van der Waals surface area contributed by atoms with Crippen molar-refractivity contribution < 1.29 is 4.74 Å². The topological polar surface area (TPSA) is 45.7 Å². The van der Waals surface area contributed by atoms with E-state index in [9.17, 15) is 0 Å². The lowest BCUT2D eigenvalue weighted by Gasteiger charge is -2.30. The van der Waals surface area contributed by atoms with Gasteiger partial charge in [0.2, 0.25) is 0 Å². The van der Waals surface area contributed by atoms with Crippen LogP contribution in [0.1, 0.15) is 25.6 Å². The van der Waals surface area contributed by atoms with Gasteiger partial charge < -0.3 is 15.4 Å². The third-order valence-corrected chi connectivity index (χ3v) is 4.68. The van der Waals surface area contributed by atoms with Gasteiger partial charge in [0.05, 0.1) is 12.6 Å². The average molecular weight is 490 g/mol. The number of hydrogen-bond donors (Lipinski definition) is 2. The molecule has 0 spiro atoms. The van der Waals surface area contributed by atoms with Crippen molar-refractivity contribution in [2.75, 3.05) is 20.7 Å². The van der Waals surface area contributed by atoms with E-state index < -0.39 is 0 Å². The Morgan fingerprint density at radius 3 is 2.52 bits per heavy atom. The smallest absolute Gasteiger partial charge is 0.191 e. The Bertz CT molecular complexity index is 446. The highest BCUT2D eigenvalue weighted by molar-refractivity contribution is 14.0. The Morgan fingerprint density at radius 1 is 1.43 bits per heavy atom. The first-order chi connectivity index (χ1) is 9.36. The molecule has 1 aromatic rings. The van der Waals surface area contributed by atoms with Crippen molar-refractivity contribution in [2.24, 2.45) is 10.4 Å². The molecule has 0 aliphatic rings. The Labute approximate surface area is 157 Å². The summed E-state index contributed by atoms with van der Waals surface area (Å²) >= 11 is 5.18. The Morgan fingerprint density at radius 2 is 2.10 bits per heavy atom. The number of halogens is 2. The van der Waals surface area contributed by atoms with Crippen LogP contribution >= 0.6 is 51.2 Å². The molecular weight excluding hydrogens is 465 g/mol. The maximum Gasteiger partial charge on any atom is 0.191 e. The molecule has 7 heteroatoms. The lowest BCUT2D eigenvalue weighted by molar-refractivity contribution is 0.0205. The molecule has 0 aliphatic carbocycles.